The quantitative estimate of drug-likeness (QED) is 0.828. The van der Waals surface area contributed by atoms with E-state index >= 15 is 0 Å². The number of aryl methyl sites for hydroxylation is 2. The largest absolute Gasteiger partial charge is 0.481 e. The summed E-state index contributed by atoms with van der Waals surface area (Å²) in [5.74, 6) is -0.0222. The van der Waals surface area contributed by atoms with Gasteiger partial charge in [-0.25, -0.2) is 9.97 Å². The van der Waals surface area contributed by atoms with Crippen LogP contribution >= 0.6 is 34.4 Å². The first-order valence-corrected chi connectivity index (χ1v) is 8.50. The maximum Gasteiger partial charge on any atom is 0.308 e. The van der Waals surface area contributed by atoms with Crippen LogP contribution in [0.5, 0.6) is 0 Å². The van der Waals surface area contributed by atoms with Gasteiger partial charge in [-0.1, -0.05) is 18.7 Å². The lowest BCUT2D eigenvalue weighted by Gasteiger charge is -1.93. The van der Waals surface area contributed by atoms with Crippen molar-refractivity contribution >= 4 is 40.4 Å². The predicted molar refractivity (Wildman–Crippen MR) is 79.2 cm³/mol. The van der Waals surface area contributed by atoms with E-state index in [-0.39, 0.29) is 6.42 Å². The zero-order chi connectivity index (χ0) is 13.8. The molecular formula is C12H14N2O2S3. The molecule has 2 aromatic rings. The number of carboxylic acid groups (broad SMARTS) is 1. The van der Waals surface area contributed by atoms with Crippen molar-refractivity contribution in [3.05, 3.63) is 26.7 Å². The zero-order valence-corrected chi connectivity index (χ0v) is 13.1. The zero-order valence-electron chi connectivity index (χ0n) is 10.7. The van der Waals surface area contributed by atoms with Gasteiger partial charge in [0.25, 0.3) is 0 Å². The SMILES string of the molecule is CCc1nc(CSc2nc(C)c(CC(=O)O)s2)cs1. The molecule has 0 amide bonds. The Labute approximate surface area is 123 Å². The molecule has 0 saturated heterocycles. The van der Waals surface area contributed by atoms with Crippen molar-refractivity contribution in [3.8, 4) is 0 Å². The fourth-order valence-corrected chi connectivity index (χ4v) is 4.45. The van der Waals surface area contributed by atoms with Crippen LogP contribution in [-0.4, -0.2) is 21.0 Å². The average molecular weight is 314 g/mol. The molecule has 0 unspecified atom stereocenters. The van der Waals surface area contributed by atoms with E-state index in [4.69, 9.17) is 5.11 Å². The molecule has 0 atom stereocenters. The molecule has 0 aliphatic carbocycles. The summed E-state index contributed by atoms with van der Waals surface area (Å²) in [7, 11) is 0. The Morgan fingerprint density at radius 1 is 1.47 bits per heavy atom. The van der Waals surface area contributed by atoms with E-state index in [9.17, 15) is 4.79 Å². The molecule has 1 N–H and O–H groups in total. The lowest BCUT2D eigenvalue weighted by Crippen LogP contribution is -1.99. The number of aromatic nitrogens is 2. The van der Waals surface area contributed by atoms with Gasteiger partial charge in [0.1, 0.15) is 0 Å². The van der Waals surface area contributed by atoms with Crippen LogP contribution in [0.1, 0.15) is 28.2 Å². The van der Waals surface area contributed by atoms with Gasteiger partial charge in [-0.15, -0.1) is 22.7 Å². The Morgan fingerprint density at radius 3 is 2.89 bits per heavy atom. The highest BCUT2D eigenvalue weighted by Gasteiger charge is 2.12. The summed E-state index contributed by atoms with van der Waals surface area (Å²) >= 11 is 4.77. The predicted octanol–water partition coefficient (Wildman–Crippen LogP) is 3.39. The molecule has 0 aliphatic heterocycles. The summed E-state index contributed by atoms with van der Waals surface area (Å²) in [5, 5.41) is 12.0. The Hall–Kier alpha value is -0.920. The Morgan fingerprint density at radius 2 is 2.26 bits per heavy atom. The highest BCUT2D eigenvalue weighted by atomic mass is 32.2. The van der Waals surface area contributed by atoms with Crippen molar-refractivity contribution in [1.82, 2.24) is 9.97 Å². The minimum Gasteiger partial charge on any atom is -0.481 e. The summed E-state index contributed by atoms with van der Waals surface area (Å²) in [5.41, 5.74) is 1.89. The topological polar surface area (TPSA) is 63.1 Å². The van der Waals surface area contributed by atoms with Crippen LogP contribution < -0.4 is 0 Å². The van der Waals surface area contributed by atoms with E-state index in [1.807, 2.05) is 6.92 Å². The van der Waals surface area contributed by atoms with Crippen molar-refractivity contribution < 1.29 is 9.90 Å². The number of carboxylic acids is 1. The summed E-state index contributed by atoms with van der Waals surface area (Å²) < 4.78 is 0.916. The van der Waals surface area contributed by atoms with Crippen LogP contribution in [0.3, 0.4) is 0 Å². The number of thioether (sulfide) groups is 1. The monoisotopic (exact) mass is 314 g/mol. The average Bonchev–Trinajstić information content (AvgIpc) is 2.94. The molecule has 0 bridgehead atoms. The van der Waals surface area contributed by atoms with Crippen molar-refractivity contribution in [2.24, 2.45) is 0 Å². The van der Waals surface area contributed by atoms with Crippen LogP contribution in [0.25, 0.3) is 0 Å². The Kier molecular flexibility index (Phi) is 4.95. The Balaban J connectivity index is 1.97. The summed E-state index contributed by atoms with van der Waals surface area (Å²) in [6.45, 7) is 3.95. The lowest BCUT2D eigenvalue weighted by molar-refractivity contribution is -0.136. The van der Waals surface area contributed by atoms with E-state index in [0.717, 1.165) is 37.8 Å². The molecule has 102 valence electrons. The number of nitrogens with zero attached hydrogens (tertiary/aromatic N) is 2. The van der Waals surface area contributed by atoms with E-state index < -0.39 is 5.97 Å². The van der Waals surface area contributed by atoms with Crippen LogP contribution in [0.2, 0.25) is 0 Å². The molecule has 7 heteroatoms. The van der Waals surface area contributed by atoms with Crippen molar-refractivity contribution in [1.29, 1.82) is 0 Å². The molecule has 0 radical (unpaired) electrons. The van der Waals surface area contributed by atoms with Gasteiger partial charge in [0.2, 0.25) is 0 Å². The third-order valence-electron chi connectivity index (χ3n) is 2.43. The maximum atomic E-state index is 10.7. The number of hydrogen-bond donors (Lipinski definition) is 1. The van der Waals surface area contributed by atoms with Crippen LogP contribution in [-0.2, 0) is 23.4 Å². The van der Waals surface area contributed by atoms with Crippen molar-refractivity contribution in [3.63, 3.8) is 0 Å². The molecule has 0 aromatic carbocycles. The molecule has 0 saturated carbocycles. The third kappa shape index (κ3) is 4.02. The van der Waals surface area contributed by atoms with Gasteiger partial charge < -0.3 is 5.11 Å². The second kappa shape index (κ2) is 6.49. The molecule has 2 rings (SSSR count). The van der Waals surface area contributed by atoms with Crippen LogP contribution in [0, 0.1) is 6.92 Å². The second-order valence-electron chi connectivity index (χ2n) is 3.93. The summed E-state index contributed by atoms with van der Waals surface area (Å²) in [6, 6.07) is 0. The molecule has 0 aliphatic rings. The number of hydrogen-bond acceptors (Lipinski definition) is 6. The van der Waals surface area contributed by atoms with E-state index in [2.05, 4.69) is 22.3 Å². The number of aliphatic carboxylic acids is 1. The standard InChI is InChI=1S/C12H14N2O2S3/c1-3-10-14-8(5-17-10)6-18-12-13-7(2)9(19-12)4-11(15)16/h5H,3-4,6H2,1-2H3,(H,15,16). The fourth-order valence-electron chi connectivity index (χ4n) is 1.48. The molecule has 0 fully saturated rings. The first-order chi connectivity index (χ1) is 9.08. The molecule has 19 heavy (non-hydrogen) atoms. The number of rotatable bonds is 6. The lowest BCUT2D eigenvalue weighted by atomic mass is 10.3. The fraction of sp³-hybridized carbons (Fsp3) is 0.417. The number of carbonyl (C=O) groups is 1. The van der Waals surface area contributed by atoms with E-state index in [1.165, 1.54) is 11.3 Å². The van der Waals surface area contributed by atoms with Gasteiger partial charge in [0, 0.05) is 16.0 Å². The van der Waals surface area contributed by atoms with Gasteiger partial charge in [-0.2, -0.15) is 0 Å². The van der Waals surface area contributed by atoms with Crippen LogP contribution in [0.4, 0.5) is 0 Å². The third-order valence-corrected chi connectivity index (χ3v) is 5.81. The van der Waals surface area contributed by atoms with Gasteiger partial charge in [-0.3, -0.25) is 4.79 Å². The Bertz CT molecular complexity index is 577. The molecule has 2 heterocycles. The van der Waals surface area contributed by atoms with Gasteiger partial charge in [0.15, 0.2) is 4.34 Å². The van der Waals surface area contributed by atoms with Gasteiger partial charge in [0.05, 0.1) is 22.8 Å². The molecule has 0 spiro atoms. The highest BCUT2D eigenvalue weighted by Crippen LogP contribution is 2.30. The van der Waals surface area contributed by atoms with Gasteiger partial charge in [-0.05, 0) is 13.3 Å². The minimum atomic E-state index is -0.810. The van der Waals surface area contributed by atoms with Crippen molar-refractivity contribution in [2.45, 2.75) is 36.8 Å². The molecular weight excluding hydrogens is 300 g/mol. The summed E-state index contributed by atoms with van der Waals surface area (Å²) in [6.07, 6.45) is 1.02. The summed E-state index contributed by atoms with van der Waals surface area (Å²) in [4.78, 5) is 20.4. The van der Waals surface area contributed by atoms with E-state index in [0.29, 0.717) is 0 Å². The normalized spacial score (nSPS) is 10.8. The highest BCUT2D eigenvalue weighted by molar-refractivity contribution is 8.00. The maximum absolute atomic E-state index is 10.7. The van der Waals surface area contributed by atoms with E-state index in [1.54, 1.807) is 23.1 Å². The minimum absolute atomic E-state index is 0.0563. The van der Waals surface area contributed by atoms with Crippen LogP contribution in [0.15, 0.2) is 9.72 Å². The second-order valence-corrected chi connectivity index (χ2v) is 7.18. The molecule has 4 nitrogen and oxygen atoms in total. The van der Waals surface area contributed by atoms with Gasteiger partial charge >= 0.3 is 5.97 Å². The smallest absolute Gasteiger partial charge is 0.308 e. The first-order valence-electron chi connectivity index (χ1n) is 5.82. The first kappa shape index (κ1) is 14.5. The number of thiazole rings is 2. The molecule has 2 aromatic heterocycles. The van der Waals surface area contributed by atoms with Crippen molar-refractivity contribution in [2.75, 3.05) is 0 Å².